The molecule has 0 bridgehead atoms. The van der Waals surface area contributed by atoms with Crippen molar-refractivity contribution in [3.05, 3.63) is 60.1 Å². The predicted molar refractivity (Wildman–Crippen MR) is 108 cm³/mol. The number of carbonyl (C=O) groups excluding carboxylic acids is 1. The summed E-state index contributed by atoms with van der Waals surface area (Å²) in [5.41, 5.74) is 1.39. The van der Waals surface area contributed by atoms with Gasteiger partial charge in [-0.05, 0) is 42.7 Å². The summed E-state index contributed by atoms with van der Waals surface area (Å²) in [5.74, 6) is -0.112. The Morgan fingerprint density at radius 1 is 1.21 bits per heavy atom. The van der Waals surface area contributed by atoms with E-state index in [1.807, 2.05) is 0 Å². The fourth-order valence-corrected chi connectivity index (χ4v) is 3.19. The molecule has 8 heteroatoms. The van der Waals surface area contributed by atoms with Crippen LogP contribution in [0.4, 0.5) is 0 Å². The molecular weight excluding hydrogens is 392 g/mol. The van der Waals surface area contributed by atoms with Crippen LogP contribution in [0.1, 0.15) is 29.0 Å². The number of aliphatic hydroxyl groups excluding tert-OH is 1. The third-order valence-corrected chi connectivity index (χ3v) is 5.08. The molecule has 1 fully saturated rings. The topological polar surface area (TPSA) is 102 Å². The molecule has 150 valence electrons. The van der Waals surface area contributed by atoms with E-state index in [1.165, 1.54) is 12.8 Å². The van der Waals surface area contributed by atoms with Gasteiger partial charge in [-0.15, -0.1) is 0 Å². The van der Waals surface area contributed by atoms with Gasteiger partial charge in [0.15, 0.2) is 11.3 Å². The van der Waals surface area contributed by atoms with Crippen molar-refractivity contribution in [1.82, 2.24) is 10.3 Å². The van der Waals surface area contributed by atoms with Gasteiger partial charge in [0.2, 0.25) is 0 Å². The standard InChI is InChI=1S/C17H12N2O4S.C4H8O/c20-7-8-24(22)14-3-1-12(2-4-14)10-19-17(21)15-9-13-5-6-18-11-16(13)23-15;1-2-4-5-3-1/h1-6,9,11,20H,10H2,(H,19,21);1-4H2. The second kappa shape index (κ2) is 10.4. The molecule has 1 atom stereocenters. The van der Waals surface area contributed by atoms with Gasteiger partial charge in [-0.3, -0.25) is 9.78 Å². The zero-order valence-corrected chi connectivity index (χ0v) is 16.4. The molecule has 0 radical (unpaired) electrons. The maximum Gasteiger partial charge on any atom is 0.287 e. The van der Waals surface area contributed by atoms with Gasteiger partial charge in [-0.2, -0.15) is 0 Å². The Morgan fingerprint density at radius 3 is 2.59 bits per heavy atom. The smallest absolute Gasteiger partial charge is 0.287 e. The summed E-state index contributed by atoms with van der Waals surface area (Å²) in [6.07, 6.45) is 7.37. The van der Waals surface area contributed by atoms with E-state index in [2.05, 4.69) is 15.6 Å². The van der Waals surface area contributed by atoms with Gasteiger partial charge < -0.3 is 19.6 Å². The van der Waals surface area contributed by atoms with Crippen molar-refractivity contribution in [2.45, 2.75) is 24.3 Å². The first kappa shape index (κ1) is 20.6. The van der Waals surface area contributed by atoms with Crippen molar-refractivity contribution in [3.8, 4) is 11.4 Å². The second-order valence-electron chi connectivity index (χ2n) is 6.15. The lowest BCUT2D eigenvalue weighted by Crippen LogP contribution is -2.22. The zero-order chi connectivity index (χ0) is 20.5. The molecule has 4 rings (SSSR count). The van der Waals surface area contributed by atoms with Crippen LogP contribution < -0.4 is 5.32 Å². The number of amides is 1. The Balaban J connectivity index is 0.000000419. The van der Waals surface area contributed by atoms with Crippen molar-refractivity contribution in [2.75, 3.05) is 13.2 Å². The van der Waals surface area contributed by atoms with E-state index >= 15 is 0 Å². The van der Waals surface area contributed by atoms with Crippen molar-refractivity contribution in [1.29, 1.82) is 0 Å². The molecule has 29 heavy (non-hydrogen) atoms. The maximum absolute atomic E-state index is 12.1. The van der Waals surface area contributed by atoms with Crippen molar-refractivity contribution in [2.24, 2.45) is 0 Å². The Kier molecular flexibility index (Phi) is 7.39. The minimum absolute atomic E-state index is 0.217. The summed E-state index contributed by atoms with van der Waals surface area (Å²) in [4.78, 5) is 16.5. The van der Waals surface area contributed by atoms with Crippen LogP contribution in [0.2, 0.25) is 0 Å². The molecule has 2 aromatic heterocycles. The fraction of sp³-hybridized carbons (Fsp3) is 0.238. The number of ether oxygens (including phenoxy) is 1. The average molecular weight is 412 g/mol. The number of aliphatic hydroxyl groups is 1. The lowest BCUT2D eigenvalue weighted by molar-refractivity contribution is 0.0925. The molecule has 3 aromatic rings. The Bertz CT molecular complexity index is 1010. The number of hydrogen-bond donors (Lipinski definition) is 2. The first-order chi connectivity index (χ1) is 14.2. The summed E-state index contributed by atoms with van der Waals surface area (Å²) < 4.78 is 22.0. The lowest BCUT2D eigenvalue weighted by Gasteiger charge is -2.04. The highest BCUT2D eigenvalue weighted by Gasteiger charge is 2.12. The number of aromatic nitrogens is 1. The second-order valence-corrected chi connectivity index (χ2v) is 7.37. The largest absolute Gasteiger partial charge is 0.461 e. The Morgan fingerprint density at radius 2 is 1.97 bits per heavy atom. The van der Waals surface area contributed by atoms with E-state index in [-0.39, 0.29) is 11.7 Å². The van der Waals surface area contributed by atoms with Crippen LogP contribution in [-0.2, 0) is 22.1 Å². The summed E-state index contributed by atoms with van der Waals surface area (Å²) >= 11 is 0. The molecule has 1 saturated heterocycles. The average Bonchev–Trinajstić information content (AvgIpc) is 3.45. The van der Waals surface area contributed by atoms with Gasteiger partial charge in [0.05, 0.1) is 11.1 Å². The van der Waals surface area contributed by atoms with Gasteiger partial charge in [-0.1, -0.05) is 12.1 Å². The molecule has 1 amide bonds. The van der Waals surface area contributed by atoms with Crippen LogP contribution in [-0.4, -0.2) is 33.4 Å². The van der Waals surface area contributed by atoms with Gasteiger partial charge in [0.1, 0.15) is 16.9 Å². The number of pyridine rings is 1. The maximum atomic E-state index is 12.1. The van der Waals surface area contributed by atoms with Gasteiger partial charge in [0, 0.05) is 36.6 Å². The molecule has 1 aromatic carbocycles. The minimum Gasteiger partial charge on any atom is -0.461 e. The first-order valence-electron chi connectivity index (χ1n) is 9.02. The minimum atomic E-state index is -1.56. The molecule has 2 N–H and O–H groups in total. The highest BCUT2D eigenvalue weighted by atomic mass is 32.2. The van der Waals surface area contributed by atoms with Crippen LogP contribution >= 0.6 is 0 Å². The summed E-state index contributed by atoms with van der Waals surface area (Å²) in [7, 11) is -1.56. The number of nitrogens with zero attached hydrogens (tertiary/aromatic N) is 1. The quantitative estimate of drug-likeness (QED) is 0.639. The number of fused-ring (bicyclic) bond motifs is 1. The molecule has 7 nitrogen and oxygen atoms in total. The monoisotopic (exact) mass is 412 g/mol. The van der Waals surface area contributed by atoms with E-state index in [9.17, 15) is 9.00 Å². The molecule has 1 unspecified atom stereocenters. The molecule has 1 aliphatic rings. The van der Waals surface area contributed by atoms with Crippen LogP contribution in [0.25, 0.3) is 11.0 Å². The molecular formula is C21H20N2O5S. The van der Waals surface area contributed by atoms with Crippen molar-refractivity contribution in [3.63, 3.8) is 0 Å². The van der Waals surface area contributed by atoms with Crippen LogP contribution in [0.3, 0.4) is 0 Å². The molecule has 3 heterocycles. The molecule has 0 aliphatic carbocycles. The summed E-state index contributed by atoms with van der Waals surface area (Å²) in [5, 5.41) is 14.2. The number of rotatable bonds is 4. The Hall–Kier alpha value is -3.15. The van der Waals surface area contributed by atoms with E-state index in [1.54, 1.807) is 54.9 Å². The van der Waals surface area contributed by atoms with Crippen LogP contribution in [0, 0.1) is 11.4 Å². The highest BCUT2D eigenvalue weighted by molar-refractivity contribution is 7.89. The predicted octanol–water partition coefficient (Wildman–Crippen LogP) is 2.95. The van der Waals surface area contributed by atoms with Crippen molar-refractivity contribution >= 4 is 27.7 Å². The zero-order valence-electron chi connectivity index (χ0n) is 15.6. The number of carbonyl (C=O) groups is 1. The molecule has 0 spiro atoms. The summed E-state index contributed by atoms with van der Waals surface area (Å²) in [6.45, 7) is 2.30. The highest BCUT2D eigenvalue weighted by Crippen LogP contribution is 2.17. The van der Waals surface area contributed by atoms with E-state index in [4.69, 9.17) is 14.3 Å². The fourth-order valence-electron chi connectivity index (χ4n) is 2.61. The molecule has 1 aliphatic heterocycles. The van der Waals surface area contributed by atoms with Gasteiger partial charge in [0.25, 0.3) is 5.91 Å². The lowest BCUT2D eigenvalue weighted by atomic mass is 10.2. The summed E-state index contributed by atoms with van der Waals surface area (Å²) in [6, 6.07) is 10.2. The first-order valence-corrected chi connectivity index (χ1v) is 10.2. The number of benzene rings is 1. The van der Waals surface area contributed by atoms with Crippen molar-refractivity contribution < 1.29 is 23.3 Å². The number of hydrogen-bond acceptors (Lipinski definition) is 6. The number of nitrogens with one attached hydrogen (secondary N) is 1. The third kappa shape index (κ3) is 5.91. The van der Waals surface area contributed by atoms with E-state index < -0.39 is 10.8 Å². The van der Waals surface area contributed by atoms with E-state index in [0.717, 1.165) is 24.2 Å². The Labute approximate surface area is 170 Å². The third-order valence-electron chi connectivity index (χ3n) is 4.10. The van der Waals surface area contributed by atoms with E-state index in [0.29, 0.717) is 17.0 Å². The van der Waals surface area contributed by atoms with Crippen LogP contribution in [0.15, 0.2) is 58.1 Å². The SMILES string of the molecule is C1CCOC1.O=C(NCc1ccc(S(=O)C#CO)cc1)c1cc2ccncc2o1. The van der Waals surface area contributed by atoms with Gasteiger partial charge in [-0.25, -0.2) is 4.21 Å². The van der Waals surface area contributed by atoms with Crippen LogP contribution in [0.5, 0.6) is 0 Å². The number of furan rings is 1. The normalized spacial score (nSPS) is 13.7. The molecule has 0 saturated carbocycles. The van der Waals surface area contributed by atoms with Gasteiger partial charge >= 0.3 is 0 Å².